The highest BCUT2D eigenvalue weighted by atomic mass is 32.1. The van der Waals surface area contributed by atoms with Crippen LogP contribution in [-0.2, 0) is 0 Å². The molecule has 0 aromatic carbocycles. The minimum absolute atomic E-state index is 0.593. The molecule has 0 aromatic heterocycles. The van der Waals surface area contributed by atoms with Gasteiger partial charge in [-0.25, -0.2) is 5.32 Å². The number of nitrogens with zero attached hydrogens (tertiary/aromatic N) is 1. The predicted molar refractivity (Wildman–Crippen MR) is 65.0 cm³/mol. The molecule has 1 radical (unpaired) electrons. The molecule has 3 N–H and O–H groups in total. The van der Waals surface area contributed by atoms with Crippen molar-refractivity contribution in [1.29, 1.82) is 0 Å². The molecule has 2 aliphatic rings. The van der Waals surface area contributed by atoms with Gasteiger partial charge in [0.15, 0.2) is 5.11 Å². The van der Waals surface area contributed by atoms with Crippen molar-refractivity contribution in [3.8, 4) is 0 Å². The lowest BCUT2D eigenvalue weighted by molar-refractivity contribution is 0.454. The van der Waals surface area contributed by atoms with E-state index in [1.165, 1.54) is 12.0 Å². The fraction of sp³-hybridized carbons (Fsp3) is 0.545. The monoisotopic (exact) mass is 222 g/mol. The number of thiocarbonyl (C=S) groups is 1. The third-order valence-corrected chi connectivity index (χ3v) is 3.14. The van der Waals surface area contributed by atoms with Crippen molar-refractivity contribution in [2.24, 2.45) is 11.7 Å². The Morgan fingerprint density at radius 3 is 3.13 bits per heavy atom. The van der Waals surface area contributed by atoms with Gasteiger partial charge in [-0.15, -0.1) is 0 Å². The average Bonchev–Trinajstić information content (AvgIpc) is 2.64. The zero-order chi connectivity index (χ0) is 10.7. The molecule has 1 heterocycles. The normalized spacial score (nSPS) is 25.4. The summed E-state index contributed by atoms with van der Waals surface area (Å²) in [5.41, 5.74) is 8.13. The molecule has 0 aromatic rings. The Morgan fingerprint density at radius 2 is 2.47 bits per heavy atom. The van der Waals surface area contributed by atoms with E-state index in [0.29, 0.717) is 17.6 Å². The van der Waals surface area contributed by atoms with Crippen molar-refractivity contribution in [3.63, 3.8) is 0 Å². The lowest BCUT2D eigenvalue weighted by atomic mass is 9.86. The first-order chi connectivity index (χ1) is 7.28. The fourth-order valence-corrected chi connectivity index (χ4v) is 2.34. The molecule has 3 nitrogen and oxygen atoms in total. The van der Waals surface area contributed by atoms with E-state index in [9.17, 15) is 0 Å². The van der Waals surface area contributed by atoms with Gasteiger partial charge in [0.05, 0.1) is 5.70 Å². The maximum Gasteiger partial charge on any atom is 0.197 e. The van der Waals surface area contributed by atoms with Crippen LogP contribution in [0, 0.1) is 5.92 Å². The fourth-order valence-electron chi connectivity index (χ4n) is 2.16. The second-order valence-corrected chi connectivity index (χ2v) is 4.50. The summed E-state index contributed by atoms with van der Waals surface area (Å²) in [5, 5.41) is 7.80. The molecule has 0 amide bonds. The summed E-state index contributed by atoms with van der Waals surface area (Å²) in [4.78, 5) is 0. The van der Waals surface area contributed by atoms with Gasteiger partial charge in [0.25, 0.3) is 0 Å². The lowest BCUT2D eigenvalue weighted by Gasteiger charge is -2.21. The van der Waals surface area contributed by atoms with E-state index in [-0.39, 0.29) is 0 Å². The van der Waals surface area contributed by atoms with Crippen molar-refractivity contribution in [1.82, 2.24) is 10.6 Å². The first-order valence-electron chi connectivity index (χ1n) is 5.37. The molecule has 0 fully saturated rings. The Kier molecular flexibility index (Phi) is 3.38. The SMILES string of the molecule is NCC1=CCCC(CC2=CNC(=S)[N]2)C1. The van der Waals surface area contributed by atoms with Gasteiger partial charge in [0.2, 0.25) is 0 Å². The van der Waals surface area contributed by atoms with E-state index >= 15 is 0 Å². The Morgan fingerprint density at radius 1 is 1.60 bits per heavy atom. The third kappa shape index (κ3) is 2.79. The van der Waals surface area contributed by atoms with Crippen molar-refractivity contribution in [3.05, 3.63) is 23.5 Å². The lowest BCUT2D eigenvalue weighted by Crippen LogP contribution is -2.18. The maximum absolute atomic E-state index is 5.66. The second kappa shape index (κ2) is 4.77. The summed E-state index contributed by atoms with van der Waals surface area (Å²) in [6.45, 7) is 0.698. The van der Waals surface area contributed by atoms with Crippen molar-refractivity contribution < 1.29 is 0 Å². The van der Waals surface area contributed by atoms with E-state index in [0.717, 1.165) is 25.0 Å². The largest absolute Gasteiger partial charge is 0.336 e. The first-order valence-corrected chi connectivity index (χ1v) is 5.78. The molecule has 2 rings (SSSR count). The smallest absolute Gasteiger partial charge is 0.197 e. The van der Waals surface area contributed by atoms with Gasteiger partial charge in [-0.3, -0.25) is 0 Å². The Labute approximate surface area is 95.8 Å². The van der Waals surface area contributed by atoms with Crippen LogP contribution in [0.1, 0.15) is 25.7 Å². The second-order valence-electron chi connectivity index (χ2n) is 4.12. The van der Waals surface area contributed by atoms with Crippen LogP contribution in [0.25, 0.3) is 0 Å². The van der Waals surface area contributed by atoms with Crippen LogP contribution in [0.15, 0.2) is 23.5 Å². The van der Waals surface area contributed by atoms with Gasteiger partial charge in [0, 0.05) is 12.7 Å². The highest BCUT2D eigenvalue weighted by Gasteiger charge is 2.19. The Hall–Kier alpha value is -0.870. The van der Waals surface area contributed by atoms with Gasteiger partial charge in [0.1, 0.15) is 0 Å². The first kappa shape index (κ1) is 10.6. The molecule has 81 valence electrons. The summed E-state index contributed by atoms with van der Waals surface area (Å²) < 4.78 is 0. The zero-order valence-corrected chi connectivity index (χ0v) is 9.52. The number of hydrogen-bond acceptors (Lipinski definition) is 2. The van der Waals surface area contributed by atoms with Crippen molar-refractivity contribution in [2.75, 3.05) is 6.54 Å². The van der Waals surface area contributed by atoms with Gasteiger partial charge in [-0.1, -0.05) is 11.6 Å². The molecule has 0 spiro atoms. The van der Waals surface area contributed by atoms with E-state index in [1.807, 2.05) is 6.20 Å². The number of allylic oxidation sites excluding steroid dienone is 2. The van der Waals surface area contributed by atoms with E-state index in [4.69, 9.17) is 18.0 Å². The number of hydrogen-bond donors (Lipinski definition) is 2. The molecular formula is C11H16N3S. The van der Waals surface area contributed by atoms with Crippen LogP contribution < -0.4 is 16.4 Å². The van der Waals surface area contributed by atoms with Crippen LogP contribution in [0.3, 0.4) is 0 Å². The number of rotatable bonds is 3. The Bertz CT molecular complexity index is 320. The van der Waals surface area contributed by atoms with E-state index in [1.54, 1.807) is 0 Å². The van der Waals surface area contributed by atoms with Crippen LogP contribution in [-0.4, -0.2) is 11.7 Å². The molecule has 0 saturated heterocycles. The molecule has 0 bridgehead atoms. The molecule has 15 heavy (non-hydrogen) atoms. The highest BCUT2D eigenvalue weighted by Crippen LogP contribution is 2.28. The minimum Gasteiger partial charge on any atom is -0.336 e. The van der Waals surface area contributed by atoms with Crippen molar-refractivity contribution in [2.45, 2.75) is 25.7 Å². The van der Waals surface area contributed by atoms with E-state index < -0.39 is 0 Å². The van der Waals surface area contributed by atoms with E-state index in [2.05, 4.69) is 16.7 Å². The van der Waals surface area contributed by atoms with Crippen LogP contribution >= 0.6 is 12.2 Å². The molecule has 4 heteroatoms. The van der Waals surface area contributed by atoms with Gasteiger partial charge in [-0.05, 0) is 43.8 Å². The van der Waals surface area contributed by atoms with Gasteiger partial charge in [-0.2, -0.15) is 0 Å². The van der Waals surface area contributed by atoms with Gasteiger partial charge >= 0.3 is 0 Å². The van der Waals surface area contributed by atoms with Crippen LogP contribution in [0.2, 0.25) is 0 Å². The molecule has 1 aliphatic heterocycles. The predicted octanol–water partition coefficient (Wildman–Crippen LogP) is 1.40. The minimum atomic E-state index is 0.593. The highest BCUT2D eigenvalue weighted by molar-refractivity contribution is 7.80. The van der Waals surface area contributed by atoms with Crippen molar-refractivity contribution >= 4 is 17.3 Å². The topological polar surface area (TPSA) is 52.1 Å². The average molecular weight is 222 g/mol. The Balaban J connectivity index is 1.86. The number of nitrogens with one attached hydrogen (secondary N) is 1. The van der Waals surface area contributed by atoms with Crippen LogP contribution in [0.4, 0.5) is 0 Å². The molecule has 0 saturated carbocycles. The standard InChI is InChI=1S/C11H16N3S/c12-6-9-3-1-2-8(4-9)5-10-7-13-11(15)14-10/h3,7-8H,1-2,4-6,12H2,(H,13,15). The summed E-state index contributed by atoms with van der Waals surface area (Å²) in [5.74, 6) is 0.686. The molecule has 1 unspecified atom stereocenters. The maximum atomic E-state index is 5.66. The summed E-state index contributed by atoms with van der Waals surface area (Å²) in [6.07, 6.45) is 8.73. The molecule has 1 aliphatic carbocycles. The third-order valence-electron chi connectivity index (χ3n) is 2.93. The summed E-state index contributed by atoms with van der Waals surface area (Å²) in [6, 6.07) is 0. The number of nitrogens with two attached hydrogens (primary N) is 1. The van der Waals surface area contributed by atoms with Crippen LogP contribution in [0.5, 0.6) is 0 Å². The van der Waals surface area contributed by atoms with Gasteiger partial charge < -0.3 is 11.1 Å². The quantitative estimate of drug-likeness (QED) is 0.560. The molecular weight excluding hydrogens is 206 g/mol. The zero-order valence-electron chi connectivity index (χ0n) is 8.70. The summed E-state index contributed by atoms with van der Waals surface area (Å²) in [7, 11) is 0. The summed E-state index contributed by atoms with van der Waals surface area (Å²) >= 11 is 4.95. The molecule has 1 atom stereocenters.